The second-order valence-electron chi connectivity index (χ2n) is 3.99. The highest BCUT2D eigenvalue weighted by molar-refractivity contribution is 7.89. The van der Waals surface area contributed by atoms with Crippen LogP contribution in [0.4, 0.5) is 5.69 Å². The summed E-state index contributed by atoms with van der Waals surface area (Å²) in [6, 6.07) is 13.3. The fourth-order valence-corrected chi connectivity index (χ4v) is 2.99. The van der Waals surface area contributed by atoms with Crippen LogP contribution in [0, 0.1) is 0 Å². The average molecular weight is 297 g/mol. The van der Waals surface area contributed by atoms with Crippen LogP contribution in [-0.2, 0) is 16.6 Å². The summed E-state index contributed by atoms with van der Waals surface area (Å²) >= 11 is 5.84. The van der Waals surface area contributed by atoms with Crippen molar-refractivity contribution >= 4 is 27.3 Å². The van der Waals surface area contributed by atoms with E-state index in [9.17, 15) is 8.42 Å². The highest BCUT2D eigenvalue weighted by Crippen LogP contribution is 2.17. The minimum absolute atomic E-state index is 0.0806. The molecule has 0 atom stereocenters. The van der Waals surface area contributed by atoms with Gasteiger partial charge >= 0.3 is 0 Å². The van der Waals surface area contributed by atoms with Crippen molar-refractivity contribution in [2.75, 3.05) is 5.73 Å². The molecule has 0 saturated carbocycles. The summed E-state index contributed by atoms with van der Waals surface area (Å²) in [6.45, 7) is 0.164. The molecule has 0 aliphatic rings. The molecule has 0 fully saturated rings. The maximum atomic E-state index is 12.1. The lowest BCUT2D eigenvalue weighted by Crippen LogP contribution is -2.24. The molecule has 6 heteroatoms. The second kappa shape index (κ2) is 5.61. The Bertz CT molecular complexity index is 687. The lowest BCUT2D eigenvalue weighted by molar-refractivity contribution is 0.582. The Hall–Kier alpha value is -1.56. The molecule has 0 aliphatic heterocycles. The van der Waals surface area contributed by atoms with Crippen LogP contribution in [-0.4, -0.2) is 8.42 Å². The van der Waals surface area contributed by atoms with Gasteiger partial charge in [0.05, 0.1) is 5.69 Å². The van der Waals surface area contributed by atoms with Gasteiger partial charge in [0.25, 0.3) is 0 Å². The summed E-state index contributed by atoms with van der Waals surface area (Å²) in [5.74, 6) is 0. The summed E-state index contributed by atoms with van der Waals surface area (Å²) in [5, 5.41) is 0.566. The summed E-state index contributed by atoms with van der Waals surface area (Å²) < 4.78 is 26.7. The Balaban J connectivity index is 2.17. The SMILES string of the molecule is Nc1ccccc1S(=O)(=O)NCc1cccc(Cl)c1. The van der Waals surface area contributed by atoms with Crippen LogP contribution in [0.2, 0.25) is 5.02 Å². The van der Waals surface area contributed by atoms with Crippen molar-refractivity contribution in [2.45, 2.75) is 11.4 Å². The molecule has 0 radical (unpaired) electrons. The first-order valence-corrected chi connectivity index (χ1v) is 7.44. The van der Waals surface area contributed by atoms with Crippen LogP contribution >= 0.6 is 11.6 Å². The number of sulfonamides is 1. The molecule has 0 amide bonds. The quantitative estimate of drug-likeness (QED) is 0.851. The van der Waals surface area contributed by atoms with Gasteiger partial charge in [0.15, 0.2) is 0 Å². The molecule has 0 aromatic heterocycles. The van der Waals surface area contributed by atoms with Crippen LogP contribution in [0.1, 0.15) is 5.56 Å². The zero-order chi connectivity index (χ0) is 13.9. The molecular weight excluding hydrogens is 284 g/mol. The van der Waals surface area contributed by atoms with Crippen LogP contribution in [0.3, 0.4) is 0 Å². The summed E-state index contributed by atoms with van der Waals surface area (Å²) in [4.78, 5) is 0.0806. The summed E-state index contributed by atoms with van der Waals surface area (Å²) in [5.41, 5.74) is 6.67. The van der Waals surface area contributed by atoms with Crippen LogP contribution in [0.25, 0.3) is 0 Å². The number of nitrogen functional groups attached to an aromatic ring is 1. The Morgan fingerprint density at radius 3 is 2.53 bits per heavy atom. The Morgan fingerprint density at radius 1 is 1.11 bits per heavy atom. The van der Waals surface area contributed by atoms with Crippen LogP contribution in [0.15, 0.2) is 53.4 Å². The fraction of sp³-hybridized carbons (Fsp3) is 0.0769. The number of nitrogens with one attached hydrogen (secondary N) is 1. The van der Waals surface area contributed by atoms with Crippen molar-refractivity contribution < 1.29 is 8.42 Å². The fourth-order valence-electron chi connectivity index (χ4n) is 1.63. The normalized spacial score (nSPS) is 11.4. The van der Waals surface area contributed by atoms with Gasteiger partial charge in [0.2, 0.25) is 10.0 Å². The largest absolute Gasteiger partial charge is 0.398 e. The van der Waals surface area contributed by atoms with E-state index in [1.54, 1.807) is 42.5 Å². The molecule has 3 N–H and O–H groups in total. The van der Waals surface area contributed by atoms with E-state index in [0.29, 0.717) is 5.02 Å². The maximum Gasteiger partial charge on any atom is 0.242 e. The lowest BCUT2D eigenvalue weighted by atomic mass is 10.2. The number of hydrogen-bond acceptors (Lipinski definition) is 3. The monoisotopic (exact) mass is 296 g/mol. The lowest BCUT2D eigenvalue weighted by Gasteiger charge is -2.09. The molecule has 100 valence electrons. The van der Waals surface area contributed by atoms with Gasteiger partial charge in [-0.1, -0.05) is 35.9 Å². The zero-order valence-corrected chi connectivity index (χ0v) is 11.6. The third-order valence-electron chi connectivity index (χ3n) is 2.56. The van der Waals surface area contributed by atoms with E-state index in [2.05, 4.69) is 4.72 Å². The van der Waals surface area contributed by atoms with Gasteiger partial charge in [0.1, 0.15) is 4.90 Å². The van der Waals surface area contributed by atoms with Gasteiger partial charge in [-0.05, 0) is 29.8 Å². The van der Waals surface area contributed by atoms with Gasteiger partial charge in [-0.25, -0.2) is 13.1 Å². The number of halogens is 1. The van der Waals surface area contributed by atoms with Crippen molar-refractivity contribution in [1.82, 2.24) is 4.72 Å². The van der Waals surface area contributed by atoms with Gasteiger partial charge < -0.3 is 5.73 Å². The van der Waals surface area contributed by atoms with Crippen LogP contribution in [0.5, 0.6) is 0 Å². The molecule has 2 aromatic carbocycles. The number of anilines is 1. The molecule has 0 spiro atoms. The molecule has 0 heterocycles. The molecule has 0 unspecified atom stereocenters. The smallest absolute Gasteiger partial charge is 0.242 e. The Labute approximate surface area is 117 Å². The van der Waals surface area contributed by atoms with Crippen molar-refractivity contribution in [2.24, 2.45) is 0 Å². The molecule has 0 aliphatic carbocycles. The van der Waals surface area contributed by atoms with Crippen molar-refractivity contribution in [3.05, 3.63) is 59.1 Å². The van der Waals surface area contributed by atoms with E-state index in [1.165, 1.54) is 6.07 Å². The minimum atomic E-state index is -3.62. The molecule has 0 saturated heterocycles. The number of nitrogens with two attached hydrogens (primary N) is 1. The number of para-hydroxylation sites is 1. The molecule has 2 rings (SSSR count). The predicted molar refractivity (Wildman–Crippen MR) is 76.3 cm³/mol. The zero-order valence-electron chi connectivity index (χ0n) is 10.0. The highest BCUT2D eigenvalue weighted by Gasteiger charge is 2.16. The average Bonchev–Trinajstić information content (AvgIpc) is 2.37. The molecule has 0 bridgehead atoms. The molecular formula is C13H13ClN2O2S. The number of benzene rings is 2. The molecule has 19 heavy (non-hydrogen) atoms. The van der Waals surface area contributed by atoms with Crippen LogP contribution < -0.4 is 10.5 Å². The van der Waals surface area contributed by atoms with Gasteiger partial charge in [-0.2, -0.15) is 0 Å². The van der Waals surface area contributed by atoms with E-state index in [0.717, 1.165) is 5.56 Å². The summed E-state index contributed by atoms with van der Waals surface area (Å²) in [7, 11) is -3.62. The molecule has 4 nitrogen and oxygen atoms in total. The highest BCUT2D eigenvalue weighted by atomic mass is 35.5. The standard InChI is InChI=1S/C13H13ClN2O2S/c14-11-5-3-4-10(8-11)9-16-19(17,18)13-7-2-1-6-12(13)15/h1-8,16H,9,15H2. The second-order valence-corrected chi connectivity index (χ2v) is 6.16. The van der Waals surface area contributed by atoms with E-state index in [1.807, 2.05) is 0 Å². The topological polar surface area (TPSA) is 72.2 Å². The Kier molecular flexibility index (Phi) is 4.09. The summed E-state index contributed by atoms with van der Waals surface area (Å²) in [6.07, 6.45) is 0. The molecule has 2 aromatic rings. The van der Waals surface area contributed by atoms with Crippen molar-refractivity contribution in [3.8, 4) is 0 Å². The van der Waals surface area contributed by atoms with Crippen molar-refractivity contribution in [1.29, 1.82) is 0 Å². The first-order valence-electron chi connectivity index (χ1n) is 5.58. The maximum absolute atomic E-state index is 12.1. The third kappa shape index (κ3) is 3.47. The van der Waals surface area contributed by atoms with E-state index in [4.69, 9.17) is 17.3 Å². The predicted octanol–water partition coefficient (Wildman–Crippen LogP) is 2.40. The third-order valence-corrected chi connectivity index (χ3v) is 4.27. The number of rotatable bonds is 4. The van der Waals surface area contributed by atoms with E-state index >= 15 is 0 Å². The minimum Gasteiger partial charge on any atom is -0.398 e. The van der Waals surface area contributed by atoms with E-state index < -0.39 is 10.0 Å². The first-order chi connectivity index (χ1) is 8.99. The van der Waals surface area contributed by atoms with E-state index in [-0.39, 0.29) is 17.1 Å². The van der Waals surface area contributed by atoms with Gasteiger partial charge in [0, 0.05) is 11.6 Å². The van der Waals surface area contributed by atoms with Gasteiger partial charge in [-0.15, -0.1) is 0 Å². The Morgan fingerprint density at radius 2 is 1.84 bits per heavy atom. The first kappa shape index (κ1) is 13.9. The van der Waals surface area contributed by atoms with Gasteiger partial charge in [-0.3, -0.25) is 0 Å². The number of hydrogen-bond donors (Lipinski definition) is 2. The van der Waals surface area contributed by atoms with Crippen molar-refractivity contribution in [3.63, 3.8) is 0 Å².